The van der Waals surface area contributed by atoms with E-state index in [0.29, 0.717) is 36.5 Å². The highest BCUT2D eigenvalue weighted by Gasteiger charge is 2.32. The highest BCUT2D eigenvalue weighted by molar-refractivity contribution is 5.79. The number of benzene rings is 2. The summed E-state index contributed by atoms with van der Waals surface area (Å²) in [5, 5.41) is 0. The summed E-state index contributed by atoms with van der Waals surface area (Å²) in [6.07, 6.45) is 10.8. The Labute approximate surface area is 194 Å². The lowest BCUT2D eigenvalue weighted by atomic mass is 9.80. The second-order valence-electron chi connectivity index (χ2n) is 9.85. The largest absolute Gasteiger partial charge is 0.490 e. The van der Waals surface area contributed by atoms with E-state index in [0.717, 1.165) is 18.8 Å². The second kappa shape index (κ2) is 10.5. The number of aryl methyl sites for hydroxylation is 1. The molecule has 0 saturated heterocycles. The number of hydrogen-bond donors (Lipinski definition) is 0. The van der Waals surface area contributed by atoms with Crippen LogP contribution < -0.4 is 4.74 Å². The van der Waals surface area contributed by atoms with Gasteiger partial charge in [0.2, 0.25) is 5.82 Å². The van der Waals surface area contributed by atoms with Crippen molar-refractivity contribution in [3.8, 4) is 16.9 Å². The molecule has 0 aliphatic heterocycles. The third-order valence-electron chi connectivity index (χ3n) is 7.43. The number of rotatable bonds is 9. The van der Waals surface area contributed by atoms with Gasteiger partial charge in [-0.25, -0.2) is 13.2 Å². The molecule has 0 bridgehead atoms. The summed E-state index contributed by atoms with van der Waals surface area (Å²) >= 11 is 0. The van der Waals surface area contributed by atoms with Gasteiger partial charge in [-0.3, -0.25) is 0 Å². The van der Waals surface area contributed by atoms with Gasteiger partial charge in [0, 0.05) is 11.1 Å². The number of fused-ring (bicyclic) bond motifs is 3. The van der Waals surface area contributed by atoms with Gasteiger partial charge in [-0.2, -0.15) is 4.39 Å². The summed E-state index contributed by atoms with van der Waals surface area (Å²) in [6, 6.07) is 3.06. The molecule has 1 nitrogen and oxygen atoms in total. The predicted octanol–water partition coefficient (Wildman–Crippen LogP) is 8.53. The molecule has 0 spiro atoms. The monoisotopic (exact) mass is 462 g/mol. The molecule has 180 valence electrons. The maximum Gasteiger partial charge on any atom is 0.201 e. The summed E-state index contributed by atoms with van der Waals surface area (Å²) in [4.78, 5) is 0. The fraction of sp³-hybridized carbons (Fsp3) is 0.571. The van der Waals surface area contributed by atoms with E-state index in [-0.39, 0.29) is 28.9 Å². The van der Waals surface area contributed by atoms with Crippen LogP contribution in [-0.2, 0) is 12.8 Å². The quantitative estimate of drug-likeness (QED) is 0.229. The minimum Gasteiger partial charge on any atom is -0.490 e. The van der Waals surface area contributed by atoms with Crippen molar-refractivity contribution in [3.63, 3.8) is 0 Å². The molecule has 0 aromatic heterocycles. The number of hydrogen-bond acceptors (Lipinski definition) is 1. The molecule has 33 heavy (non-hydrogen) atoms. The van der Waals surface area contributed by atoms with Gasteiger partial charge in [0.1, 0.15) is 0 Å². The summed E-state index contributed by atoms with van der Waals surface area (Å²) in [5.74, 6) is -3.34. The van der Waals surface area contributed by atoms with Gasteiger partial charge in [0.05, 0.1) is 6.61 Å². The van der Waals surface area contributed by atoms with Crippen LogP contribution >= 0.6 is 0 Å². The minimum absolute atomic E-state index is 0.126. The molecule has 2 aromatic rings. The van der Waals surface area contributed by atoms with Gasteiger partial charge in [0.15, 0.2) is 23.2 Å². The zero-order chi connectivity index (χ0) is 23.5. The summed E-state index contributed by atoms with van der Waals surface area (Å²) in [6.45, 7) is 4.46. The maximum absolute atomic E-state index is 15.0. The van der Waals surface area contributed by atoms with Crippen LogP contribution in [0.3, 0.4) is 0 Å². The van der Waals surface area contributed by atoms with Gasteiger partial charge < -0.3 is 4.74 Å². The van der Waals surface area contributed by atoms with Crippen molar-refractivity contribution in [2.45, 2.75) is 84.5 Å². The third kappa shape index (κ3) is 4.93. The average Bonchev–Trinajstić information content (AvgIpc) is 3.18. The number of halogens is 4. The Balaban J connectivity index is 1.46. The molecule has 5 heteroatoms. The summed E-state index contributed by atoms with van der Waals surface area (Å²) < 4.78 is 64.9. The normalized spacial score (nSPS) is 19.5. The van der Waals surface area contributed by atoms with Crippen LogP contribution in [0.25, 0.3) is 11.1 Å². The molecular formula is C28H34F4O. The molecule has 2 aliphatic carbocycles. The van der Waals surface area contributed by atoms with E-state index in [2.05, 4.69) is 6.92 Å². The van der Waals surface area contributed by atoms with Crippen LogP contribution in [0.4, 0.5) is 17.6 Å². The standard InChI is InChI=1S/C28H34F4O/c1-3-5-6-8-17-9-11-18(12-10-17)16-33-22-15-21-14-20-13-19(7-4-2)25(29)27(31)23(20)24(21)28(32)26(22)30/h13,15,17-18H,3-12,14,16H2,1-2H3. The van der Waals surface area contributed by atoms with Crippen molar-refractivity contribution in [1.29, 1.82) is 0 Å². The van der Waals surface area contributed by atoms with E-state index in [9.17, 15) is 13.2 Å². The van der Waals surface area contributed by atoms with Gasteiger partial charge >= 0.3 is 0 Å². The Morgan fingerprint density at radius 1 is 0.758 bits per heavy atom. The summed E-state index contributed by atoms with van der Waals surface area (Å²) in [5.41, 5.74) is 0.924. The van der Waals surface area contributed by atoms with E-state index in [1.807, 2.05) is 6.92 Å². The minimum atomic E-state index is -1.15. The molecule has 1 fully saturated rings. The molecule has 0 amide bonds. The first kappa shape index (κ1) is 24.1. The van der Waals surface area contributed by atoms with Crippen molar-refractivity contribution in [1.82, 2.24) is 0 Å². The topological polar surface area (TPSA) is 9.23 Å². The van der Waals surface area contributed by atoms with Crippen LogP contribution in [0.15, 0.2) is 12.1 Å². The Morgan fingerprint density at radius 3 is 2.06 bits per heavy atom. The van der Waals surface area contributed by atoms with Crippen LogP contribution in [0.5, 0.6) is 5.75 Å². The molecule has 0 unspecified atom stereocenters. The first-order chi connectivity index (χ1) is 15.9. The van der Waals surface area contributed by atoms with Crippen molar-refractivity contribution >= 4 is 0 Å². The van der Waals surface area contributed by atoms with Crippen LogP contribution in [-0.4, -0.2) is 6.61 Å². The molecule has 2 aliphatic rings. The molecule has 0 atom stereocenters. The molecule has 0 heterocycles. The van der Waals surface area contributed by atoms with Gasteiger partial charge in [-0.05, 0) is 60.3 Å². The van der Waals surface area contributed by atoms with Crippen molar-refractivity contribution in [3.05, 3.63) is 52.1 Å². The van der Waals surface area contributed by atoms with Gasteiger partial charge in [-0.15, -0.1) is 0 Å². The molecule has 4 rings (SSSR count). The van der Waals surface area contributed by atoms with E-state index < -0.39 is 23.3 Å². The number of ether oxygens (including phenoxy) is 1. The molecule has 0 radical (unpaired) electrons. The molecular weight excluding hydrogens is 428 g/mol. The van der Waals surface area contributed by atoms with E-state index in [1.54, 1.807) is 6.07 Å². The van der Waals surface area contributed by atoms with Crippen LogP contribution in [0, 0.1) is 35.1 Å². The highest BCUT2D eigenvalue weighted by Crippen LogP contribution is 2.45. The molecule has 2 aromatic carbocycles. The lowest BCUT2D eigenvalue weighted by Gasteiger charge is -2.28. The first-order valence-corrected chi connectivity index (χ1v) is 12.6. The fourth-order valence-corrected chi connectivity index (χ4v) is 5.55. The van der Waals surface area contributed by atoms with Crippen LogP contribution in [0.2, 0.25) is 0 Å². The zero-order valence-corrected chi connectivity index (χ0v) is 19.7. The summed E-state index contributed by atoms with van der Waals surface area (Å²) in [7, 11) is 0. The molecule has 1 saturated carbocycles. The van der Waals surface area contributed by atoms with Gasteiger partial charge in [0.25, 0.3) is 0 Å². The maximum atomic E-state index is 15.0. The average molecular weight is 463 g/mol. The lowest BCUT2D eigenvalue weighted by Crippen LogP contribution is -2.20. The Bertz CT molecular complexity index is 992. The Kier molecular flexibility index (Phi) is 7.65. The van der Waals surface area contributed by atoms with E-state index in [4.69, 9.17) is 4.74 Å². The van der Waals surface area contributed by atoms with Crippen LogP contribution in [0.1, 0.15) is 88.3 Å². The second-order valence-corrected chi connectivity index (χ2v) is 9.85. The lowest BCUT2D eigenvalue weighted by molar-refractivity contribution is 0.172. The van der Waals surface area contributed by atoms with Crippen molar-refractivity contribution < 1.29 is 22.3 Å². The zero-order valence-electron chi connectivity index (χ0n) is 19.7. The Morgan fingerprint density at radius 2 is 1.39 bits per heavy atom. The molecule has 0 N–H and O–H groups in total. The van der Waals surface area contributed by atoms with Crippen molar-refractivity contribution in [2.24, 2.45) is 11.8 Å². The fourth-order valence-electron chi connectivity index (χ4n) is 5.55. The van der Waals surface area contributed by atoms with Gasteiger partial charge in [-0.1, -0.05) is 64.9 Å². The first-order valence-electron chi connectivity index (χ1n) is 12.6. The SMILES string of the molecule is CCCCCC1CCC(COc2cc3c(c(F)c2F)-c2c(cc(CCC)c(F)c2F)C3)CC1. The smallest absolute Gasteiger partial charge is 0.201 e. The predicted molar refractivity (Wildman–Crippen MR) is 124 cm³/mol. The van der Waals surface area contributed by atoms with E-state index >= 15 is 4.39 Å². The highest BCUT2D eigenvalue weighted by atomic mass is 19.2. The van der Waals surface area contributed by atoms with Crippen molar-refractivity contribution in [2.75, 3.05) is 6.61 Å². The Hall–Kier alpha value is -2.04. The third-order valence-corrected chi connectivity index (χ3v) is 7.43. The number of unbranched alkanes of at least 4 members (excludes halogenated alkanes) is 2. The van der Waals surface area contributed by atoms with E-state index in [1.165, 1.54) is 44.6 Å².